The van der Waals surface area contributed by atoms with Gasteiger partial charge in [-0.05, 0) is 25.4 Å². The molecule has 0 aliphatic carbocycles. The fraction of sp³-hybridized carbons (Fsp3) is 0.588. The number of aromatic amines is 1. The molecule has 0 saturated carbocycles. The molecule has 3 amide bonds. The number of thiol groups is 1. The lowest BCUT2D eigenvalue weighted by atomic mass is 10.1. The number of nitrogens with two attached hydrogens (primary N) is 1. The first kappa shape index (κ1) is 25.8. The van der Waals surface area contributed by atoms with Gasteiger partial charge in [-0.2, -0.15) is 24.4 Å². The van der Waals surface area contributed by atoms with Crippen molar-refractivity contribution < 1.29 is 24.3 Å². The Hall–Kier alpha value is -2.25. The maximum atomic E-state index is 12.6. The zero-order chi connectivity index (χ0) is 22.7. The van der Waals surface area contributed by atoms with Crippen LogP contribution in [0.4, 0.5) is 0 Å². The molecular weight excluding hydrogens is 432 g/mol. The Kier molecular flexibility index (Phi) is 11.3. The zero-order valence-electron chi connectivity index (χ0n) is 16.8. The van der Waals surface area contributed by atoms with Crippen LogP contribution in [0, 0.1) is 0 Å². The number of carbonyl (C=O) groups excluding carboxylic acids is 3. The average molecular weight is 461 g/mol. The van der Waals surface area contributed by atoms with E-state index in [2.05, 4.69) is 38.5 Å². The summed E-state index contributed by atoms with van der Waals surface area (Å²) in [7, 11) is 0. The first-order valence-electron chi connectivity index (χ1n) is 9.16. The summed E-state index contributed by atoms with van der Waals surface area (Å²) in [6, 6.07) is -4.00. The van der Waals surface area contributed by atoms with Crippen molar-refractivity contribution in [3.05, 3.63) is 18.2 Å². The number of aliphatic carboxylic acids is 1. The molecule has 0 aromatic carbocycles. The Labute approximate surface area is 184 Å². The molecule has 4 unspecified atom stereocenters. The molecule has 11 nitrogen and oxygen atoms in total. The van der Waals surface area contributed by atoms with E-state index in [1.807, 2.05) is 6.26 Å². The maximum absolute atomic E-state index is 12.6. The van der Waals surface area contributed by atoms with Crippen LogP contribution in [0.3, 0.4) is 0 Å². The maximum Gasteiger partial charge on any atom is 0.327 e. The molecule has 7 N–H and O–H groups in total. The van der Waals surface area contributed by atoms with Crippen molar-refractivity contribution >= 4 is 48.1 Å². The molecule has 1 rings (SSSR count). The van der Waals surface area contributed by atoms with E-state index in [0.717, 1.165) is 0 Å². The lowest BCUT2D eigenvalue weighted by Crippen LogP contribution is -2.57. The second-order valence-corrected chi connectivity index (χ2v) is 7.89. The third-order valence-corrected chi connectivity index (χ3v) is 5.14. The number of nitrogens with zero attached hydrogens (tertiary/aromatic N) is 1. The quantitative estimate of drug-likeness (QED) is 0.174. The minimum atomic E-state index is -1.25. The molecule has 4 atom stereocenters. The fourth-order valence-corrected chi connectivity index (χ4v) is 3.08. The van der Waals surface area contributed by atoms with E-state index in [4.69, 9.17) is 10.8 Å². The first-order chi connectivity index (χ1) is 14.2. The Morgan fingerprint density at radius 1 is 1.20 bits per heavy atom. The second kappa shape index (κ2) is 13.1. The monoisotopic (exact) mass is 460 g/mol. The topological polar surface area (TPSA) is 179 Å². The number of rotatable bonds is 13. The summed E-state index contributed by atoms with van der Waals surface area (Å²) in [5.74, 6) is -2.44. The van der Waals surface area contributed by atoms with E-state index in [1.54, 1.807) is 11.8 Å². The number of amides is 3. The van der Waals surface area contributed by atoms with Crippen LogP contribution in [0.5, 0.6) is 0 Å². The summed E-state index contributed by atoms with van der Waals surface area (Å²) in [4.78, 5) is 55.1. The van der Waals surface area contributed by atoms with Crippen LogP contribution < -0.4 is 21.7 Å². The number of carboxylic acid groups (broad SMARTS) is 1. The molecule has 1 aromatic rings. The van der Waals surface area contributed by atoms with Gasteiger partial charge in [0.05, 0.1) is 12.4 Å². The highest BCUT2D eigenvalue weighted by atomic mass is 32.2. The third-order valence-electron chi connectivity index (χ3n) is 4.13. The van der Waals surface area contributed by atoms with E-state index in [9.17, 15) is 19.2 Å². The molecule has 1 heterocycles. The Morgan fingerprint density at radius 3 is 2.40 bits per heavy atom. The van der Waals surface area contributed by atoms with Crippen LogP contribution >= 0.6 is 24.4 Å². The Bertz CT molecular complexity index is 718. The van der Waals surface area contributed by atoms with E-state index in [1.165, 1.54) is 19.4 Å². The van der Waals surface area contributed by atoms with Crippen molar-refractivity contribution in [3.63, 3.8) is 0 Å². The Balaban J connectivity index is 2.79. The molecule has 0 saturated heterocycles. The van der Waals surface area contributed by atoms with Crippen molar-refractivity contribution in [2.24, 2.45) is 5.73 Å². The van der Waals surface area contributed by atoms with Crippen molar-refractivity contribution in [3.8, 4) is 0 Å². The zero-order valence-corrected chi connectivity index (χ0v) is 18.5. The number of H-pyrrole nitrogens is 1. The van der Waals surface area contributed by atoms with E-state index < -0.39 is 47.9 Å². The highest BCUT2D eigenvalue weighted by molar-refractivity contribution is 7.98. The van der Waals surface area contributed by atoms with Gasteiger partial charge in [0.1, 0.15) is 18.1 Å². The van der Waals surface area contributed by atoms with Gasteiger partial charge in [0.15, 0.2) is 0 Å². The van der Waals surface area contributed by atoms with Crippen LogP contribution in [0.15, 0.2) is 12.5 Å². The standard InChI is InChI=1S/C17H28N6O5S2/c1-9(21-15(25)11(18)3-4-30-2)14(24)22-12(5-10-6-19-8-20-10)16(26)23-13(7-29)17(27)28/h6,8-9,11-13,29H,3-5,7,18H2,1-2H3,(H,19,20)(H,21,25)(H,22,24)(H,23,26)(H,27,28). The summed E-state index contributed by atoms with van der Waals surface area (Å²) < 4.78 is 0. The number of thioether (sulfide) groups is 1. The van der Waals surface area contributed by atoms with Crippen molar-refractivity contribution in [2.75, 3.05) is 17.8 Å². The Morgan fingerprint density at radius 2 is 1.87 bits per heavy atom. The smallest absolute Gasteiger partial charge is 0.327 e. The average Bonchev–Trinajstić information content (AvgIpc) is 3.21. The van der Waals surface area contributed by atoms with Gasteiger partial charge in [0.25, 0.3) is 0 Å². The summed E-state index contributed by atoms with van der Waals surface area (Å²) in [5.41, 5.74) is 6.35. The highest BCUT2D eigenvalue weighted by Gasteiger charge is 2.28. The highest BCUT2D eigenvalue weighted by Crippen LogP contribution is 2.02. The molecule has 0 aliphatic heterocycles. The van der Waals surface area contributed by atoms with Crippen LogP contribution in [0.1, 0.15) is 19.0 Å². The van der Waals surface area contributed by atoms with Gasteiger partial charge in [0.2, 0.25) is 17.7 Å². The molecule has 30 heavy (non-hydrogen) atoms. The van der Waals surface area contributed by atoms with Crippen LogP contribution in [0.2, 0.25) is 0 Å². The number of imidazole rings is 1. The molecular formula is C17H28N6O5S2. The summed E-state index contributed by atoms with van der Waals surface area (Å²) >= 11 is 5.47. The van der Waals surface area contributed by atoms with Gasteiger partial charge in [-0.3, -0.25) is 14.4 Å². The minimum absolute atomic E-state index is 0.0460. The van der Waals surface area contributed by atoms with Gasteiger partial charge in [-0.1, -0.05) is 0 Å². The second-order valence-electron chi connectivity index (χ2n) is 6.54. The van der Waals surface area contributed by atoms with Gasteiger partial charge < -0.3 is 31.8 Å². The first-order valence-corrected chi connectivity index (χ1v) is 11.2. The van der Waals surface area contributed by atoms with E-state index >= 15 is 0 Å². The molecule has 0 bridgehead atoms. The van der Waals surface area contributed by atoms with Gasteiger partial charge >= 0.3 is 5.97 Å². The predicted octanol–water partition coefficient (Wildman–Crippen LogP) is -1.48. The largest absolute Gasteiger partial charge is 0.480 e. The number of carboxylic acids is 1. The fourth-order valence-electron chi connectivity index (χ4n) is 2.34. The summed E-state index contributed by atoms with van der Waals surface area (Å²) in [5, 5.41) is 16.5. The summed E-state index contributed by atoms with van der Waals surface area (Å²) in [6.45, 7) is 1.47. The molecule has 168 valence electrons. The number of carbonyl (C=O) groups is 4. The van der Waals surface area contributed by atoms with Gasteiger partial charge in [0, 0.05) is 24.1 Å². The van der Waals surface area contributed by atoms with Crippen LogP contribution in [0.25, 0.3) is 0 Å². The van der Waals surface area contributed by atoms with E-state index in [-0.39, 0.29) is 12.2 Å². The SMILES string of the molecule is CSCCC(N)C(=O)NC(C)C(=O)NC(Cc1cnc[nH]1)C(=O)NC(CS)C(=O)O. The van der Waals surface area contributed by atoms with Gasteiger partial charge in [-0.25, -0.2) is 9.78 Å². The van der Waals surface area contributed by atoms with Gasteiger partial charge in [-0.15, -0.1) is 0 Å². The lowest BCUT2D eigenvalue weighted by Gasteiger charge is -2.23. The molecule has 0 spiro atoms. The number of nitrogens with one attached hydrogen (secondary N) is 4. The lowest BCUT2D eigenvalue weighted by molar-refractivity contribution is -0.141. The van der Waals surface area contributed by atoms with Crippen LogP contribution in [-0.2, 0) is 25.6 Å². The molecule has 13 heteroatoms. The number of aromatic nitrogens is 2. The van der Waals surface area contributed by atoms with E-state index in [0.29, 0.717) is 17.9 Å². The van der Waals surface area contributed by atoms with Crippen molar-refractivity contribution in [1.82, 2.24) is 25.9 Å². The molecule has 0 radical (unpaired) electrons. The number of hydrogen-bond acceptors (Lipinski definition) is 8. The number of hydrogen-bond donors (Lipinski definition) is 7. The minimum Gasteiger partial charge on any atom is -0.480 e. The molecule has 1 aromatic heterocycles. The molecule has 0 aliphatic rings. The normalized spacial score (nSPS) is 14.8. The predicted molar refractivity (Wildman–Crippen MR) is 116 cm³/mol. The molecule has 0 fully saturated rings. The van der Waals surface area contributed by atoms with Crippen LogP contribution in [-0.4, -0.2) is 80.7 Å². The summed E-state index contributed by atoms with van der Waals surface area (Å²) in [6.07, 6.45) is 5.31. The van der Waals surface area contributed by atoms with Crippen molar-refractivity contribution in [1.29, 1.82) is 0 Å². The van der Waals surface area contributed by atoms with Crippen molar-refractivity contribution in [2.45, 2.75) is 43.9 Å². The third kappa shape index (κ3) is 8.63.